The van der Waals surface area contributed by atoms with Crippen LogP contribution in [-0.4, -0.2) is 20.6 Å². The van der Waals surface area contributed by atoms with Crippen molar-refractivity contribution in [2.45, 2.75) is 0 Å². The highest BCUT2D eigenvalue weighted by molar-refractivity contribution is 6.35. The summed E-state index contributed by atoms with van der Waals surface area (Å²) in [6.07, 6.45) is 0. The molecule has 0 bridgehead atoms. The summed E-state index contributed by atoms with van der Waals surface area (Å²) in [7, 11) is -1.45. The lowest BCUT2D eigenvalue weighted by molar-refractivity contribution is 0.316. The number of halogens is 1. The average molecular weight is 89.9 g/mol. The third-order valence-electron chi connectivity index (χ3n) is 0.581. The van der Waals surface area contributed by atoms with Crippen LogP contribution in [0.25, 0.3) is 0 Å². The Kier molecular flexibility index (Phi) is 1.07. The van der Waals surface area contributed by atoms with E-state index in [1.54, 1.807) is 0 Å². The Morgan fingerprint density at radius 1 is 1.33 bits per heavy atom. The molecule has 2 nitrogen and oxygen atoms in total. The van der Waals surface area contributed by atoms with Gasteiger partial charge in [0.1, 0.15) is 0 Å². The number of rotatable bonds is 0. The smallest absolute Gasteiger partial charge is 0.380 e. The molecule has 1 heterocycles. The van der Waals surface area contributed by atoms with E-state index in [0.29, 0.717) is 13.2 Å². The van der Waals surface area contributed by atoms with Crippen LogP contribution in [0.15, 0.2) is 0 Å². The van der Waals surface area contributed by atoms with Gasteiger partial charge in [-0.1, -0.05) is 0 Å². The second kappa shape index (κ2) is 1.58. The Labute approximate surface area is 35.4 Å². The van der Waals surface area contributed by atoms with E-state index < -0.39 is 7.40 Å². The van der Waals surface area contributed by atoms with Gasteiger partial charge in [-0.05, 0) is 0 Å². The molecule has 0 aliphatic carbocycles. The van der Waals surface area contributed by atoms with Crippen LogP contribution in [-0.2, 0) is 9.31 Å². The summed E-state index contributed by atoms with van der Waals surface area (Å²) in [5, 5.41) is 0. The van der Waals surface area contributed by atoms with Crippen LogP contribution >= 0.6 is 0 Å². The first-order valence-corrected chi connectivity index (χ1v) is 1.77. The first-order valence-electron chi connectivity index (χ1n) is 1.77. The van der Waals surface area contributed by atoms with Crippen LogP contribution < -0.4 is 0 Å². The predicted molar refractivity (Wildman–Crippen MR) is 18.8 cm³/mol. The standard InChI is InChI=1S/C2H4BFO2/c4-3-5-1-2-6-3/h1-2H2. The van der Waals surface area contributed by atoms with Crippen LogP contribution in [0.3, 0.4) is 0 Å². The molecular formula is C2H4BFO2. The fourth-order valence-electron chi connectivity index (χ4n) is 0.330. The van der Waals surface area contributed by atoms with Crippen molar-refractivity contribution in [1.82, 2.24) is 0 Å². The highest BCUT2D eigenvalue weighted by atomic mass is 19.1. The van der Waals surface area contributed by atoms with Gasteiger partial charge in [0.2, 0.25) is 0 Å². The fourth-order valence-corrected chi connectivity index (χ4v) is 0.330. The van der Waals surface area contributed by atoms with Gasteiger partial charge in [0.05, 0.1) is 13.2 Å². The molecule has 0 aromatic rings. The zero-order chi connectivity index (χ0) is 4.41. The third kappa shape index (κ3) is 0.696. The quantitative estimate of drug-likeness (QED) is 0.389. The third-order valence-corrected chi connectivity index (χ3v) is 0.581. The van der Waals surface area contributed by atoms with E-state index in [-0.39, 0.29) is 0 Å². The monoisotopic (exact) mass is 90.0 g/mol. The molecule has 0 unspecified atom stereocenters. The lowest BCUT2D eigenvalue weighted by atomic mass is 10.3. The summed E-state index contributed by atoms with van der Waals surface area (Å²) in [6, 6.07) is 0. The molecule has 0 N–H and O–H groups in total. The summed E-state index contributed by atoms with van der Waals surface area (Å²) in [6.45, 7) is 0.780. The molecule has 1 saturated heterocycles. The molecule has 4 heteroatoms. The summed E-state index contributed by atoms with van der Waals surface area (Å²) >= 11 is 0. The maximum Gasteiger partial charge on any atom is 0.680 e. The SMILES string of the molecule is FB1OCCO1. The van der Waals surface area contributed by atoms with E-state index in [1.807, 2.05) is 0 Å². The van der Waals surface area contributed by atoms with Gasteiger partial charge < -0.3 is 9.31 Å². The minimum Gasteiger partial charge on any atom is -0.380 e. The fraction of sp³-hybridized carbons (Fsp3) is 1.00. The second-order valence-corrected chi connectivity index (χ2v) is 1.02. The molecule has 34 valence electrons. The summed E-state index contributed by atoms with van der Waals surface area (Å²) < 4.78 is 20.0. The second-order valence-electron chi connectivity index (χ2n) is 1.02. The van der Waals surface area contributed by atoms with E-state index in [0.717, 1.165) is 0 Å². The van der Waals surface area contributed by atoms with Gasteiger partial charge >= 0.3 is 7.40 Å². The summed E-state index contributed by atoms with van der Waals surface area (Å²) in [4.78, 5) is 0. The lowest BCUT2D eigenvalue weighted by Gasteiger charge is -1.81. The van der Waals surface area contributed by atoms with Crippen LogP contribution in [0.5, 0.6) is 0 Å². The van der Waals surface area contributed by atoms with Gasteiger partial charge in [-0.15, -0.1) is 0 Å². The Balaban J connectivity index is 2.18. The lowest BCUT2D eigenvalue weighted by Crippen LogP contribution is -2.03. The van der Waals surface area contributed by atoms with Gasteiger partial charge in [0.25, 0.3) is 0 Å². The molecule has 1 aliphatic heterocycles. The van der Waals surface area contributed by atoms with Crippen molar-refractivity contribution >= 4 is 7.40 Å². The van der Waals surface area contributed by atoms with E-state index in [2.05, 4.69) is 9.31 Å². The Hall–Kier alpha value is -0.0851. The van der Waals surface area contributed by atoms with Crippen LogP contribution in [0, 0.1) is 0 Å². The predicted octanol–water partition coefficient (Wildman–Crippen LogP) is -0.0124. The normalized spacial score (nSPS) is 22.5. The maximum atomic E-state index is 11.5. The minimum absolute atomic E-state index is 0.390. The minimum atomic E-state index is -1.45. The molecule has 1 fully saturated rings. The zero-order valence-corrected chi connectivity index (χ0v) is 3.19. The highest BCUT2D eigenvalue weighted by Crippen LogP contribution is 1.97. The molecule has 1 rings (SSSR count). The van der Waals surface area contributed by atoms with Crippen molar-refractivity contribution in [3.8, 4) is 0 Å². The summed E-state index contributed by atoms with van der Waals surface area (Å²) in [5.74, 6) is 0. The maximum absolute atomic E-state index is 11.5. The first-order chi connectivity index (χ1) is 2.89. The molecule has 0 atom stereocenters. The zero-order valence-electron chi connectivity index (χ0n) is 3.19. The van der Waals surface area contributed by atoms with Crippen LogP contribution in [0.1, 0.15) is 0 Å². The Morgan fingerprint density at radius 3 is 2.00 bits per heavy atom. The Morgan fingerprint density at radius 2 is 1.83 bits per heavy atom. The molecule has 0 radical (unpaired) electrons. The molecule has 0 aromatic heterocycles. The van der Waals surface area contributed by atoms with E-state index in [4.69, 9.17) is 0 Å². The van der Waals surface area contributed by atoms with Gasteiger partial charge in [-0.3, -0.25) is 4.32 Å². The number of hydrogen-bond donors (Lipinski definition) is 0. The van der Waals surface area contributed by atoms with Crippen molar-refractivity contribution in [3.05, 3.63) is 0 Å². The molecule has 0 spiro atoms. The largest absolute Gasteiger partial charge is 0.680 e. The summed E-state index contributed by atoms with van der Waals surface area (Å²) in [5.41, 5.74) is 0. The number of hydrogen-bond acceptors (Lipinski definition) is 2. The van der Waals surface area contributed by atoms with Crippen LogP contribution in [0.4, 0.5) is 4.32 Å². The van der Waals surface area contributed by atoms with Gasteiger partial charge in [0, 0.05) is 0 Å². The molecule has 0 aromatic carbocycles. The molecule has 6 heavy (non-hydrogen) atoms. The van der Waals surface area contributed by atoms with Crippen molar-refractivity contribution in [2.75, 3.05) is 13.2 Å². The molecular weight excluding hydrogens is 85.8 g/mol. The van der Waals surface area contributed by atoms with E-state index in [1.165, 1.54) is 0 Å². The molecule has 0 amide bonds. The first kappa shape index (κ1) is 4.08. The molecule has 0 saturated carbocycles. The van der Waals surface area contributed by atoms with Crippen LogP contribution in [0.2, 0.25) is 0 Å². The van der Waals surface area contributed by atoms with Gasteiger partial charge in [-0.25, -0.2) is 0 Å². The van der Waals surface area contributed by atoms with Crippen molar-refractivity contribution in [1.29, 1.82) is 0 Å². The van der Waals surface area contributed by atoms with Gasteiger partial charge in [-0.2, -0.15) is 0 Å². The van der Waals surface area contributed by atoms with E-state index >= 15 is 0 Å². The van der Waals surface area contributed by atoms with Crippen molar-refractivity contribution in [3.63, 3.8) is 0 Å². The average Bonchev–Trinajstić information content (AvgIpc) is 1.86. The van der Waals surface area contributed by atoms with Crippen molar-refractivity contribution in [2.24, 2.45) is 0 Å². The van der Waals surface area contributed by atoms with E-state index in [9.17, 15) is 4.32 Å². The van der Waals surface area contributed by atoms with Crippen molar-refractivity contribution < 1.29 is 13.6 Å². The topological polar surface area (TPSA) is 18.5 Å². The highest BCUT2D eigenvalue weighted by Gasteiger charge is 2.23. The molecule has 1 aliphatic rings. The van der Waals surface area contributed by atoms with Gasteiger partial charge in [0.15, 0.2) is 0 Å². The Bertz CT molecular complexity index is 44.8.